The fourth-order valence-electron chi connectivity index (χ4n) is 3.38. The Morgan fingerprint density at radius 1 is 1.17 bits per heavy atom. The Labute approximate surface area is 169 Å². The number of halogens is 2. The first-order valence-corrected chi connectivity index (χ1v) is 9.97. The third-order valence-electron chi connectivity index (χ3n) is 4.89. The van der Waals surface area contributed by atoms with Crippen molar-refractivity contribution in [1.29, 1.82) is 0 Å². The first kappa shape index (κ1) is 19.3. The van der Waals surface area contributed by atoms with Crippen molar-refractivity contribution in [2.75, 3.05) is 5.32 Å². The van der Waals surface area contributed by atoms with E-state index in [9.17, 15) is 18.4 Å². The van der Waals surface area contributed by atoms with Gasteiger partial charge in [0.05, 0.1) is 5.56 Å². The predicted molar refractivity (Wildman–Crippen MR) is 107 cm³/mol. The minimum atomic E-state index is -0.902. The number of fused-ring (bicyclic) bond motifs is 1. The third-order valence-corrected chi connectivity index (χ3v) is 5.81. The number of nitrogens with one attached hydrogen (secondary N) is 2. The maximum absolute atomic E-state index is 14.3. The molecule has 3 aromatic rings. The van der Waals surface area contributed by atoms with Crippen molar-refractivity contribution in [3.05, 3.63) is 86.7 Å². The quantitative estimate of drug-likeness (QED) is 0.498. The van der Waals surface area contributed by atoms with Gasteiger partial charge in [-0.3, -0.25) is 9.59 Å². The molecule has 2 heterocycles. The highest BCUT2D eigenvalue weighted by Gasteiger charge is 2.32. The van der Waals surface area contributed by atoms with Gasteiger partial charge in [-0.15, -0.1) is 0 Å². The van der Waals surface area contributed by atoms with Gasteiger partial charge >= 0.3 is 0 Å². The number of nitrogens with zero attached hydrogens (tertiary/aromatic N) is 1. The van der Waals surface area contributed by atoms with E-state index in [0.29, 0.717) is 10.9 Å². The summed E-state index contributed by atoms with van der Waals surface area (Å²) in [6.07, 6.45) is -0.159. The van der Waals surface area contributed by atoms with E-state index < -0.39 is 29.0 Å². The highest BCUT2D eigenvalue weighted by Crippen LogP contribution is 2.36. The molecule has 0 aliphatic carbocycles. The van der Waals surface area contributed by atoms with E-state index >= 15 is 0 Å². The Balaban J connectivity index is 1.70. The summed E-state index contributed by atoms with van der Waals surface area (Å²) < 4.78 is 28.0. The van der Waals surface area contributed by atoms with Crippen LogP contribution in [0.1, 0.15) is 34.6 Å². The predicted octanol–water partition coefficient (Wildman–Crippen LogP) is 4.12. The molecule has 4 rings (SSSR count). The fourth-order valence-corrected chi connectivity index (χ4v) is 4.32. The molecule has 5 nitrogen and oxygen atoms in total. The molecule has 0 saturated carbocycles. The van der Waals surface area contributed by atoms with Crippen LogP contribution < -0.4 is 10.9 Å². The van der Waals surface area contributed by atoms with Crippen LogP contribution in [-0.2, 0) is 10.5 Å². The SMILES string of the molecule is Cc1ccccc1CSc1nc2c(c(=O)[nH]1)C(c1cc(F)ccc1F)CC(=O)N2. The summed E-state index contributed by atoms with van der Waals surface area (Å²) in [6.45, 7) is 2.00. The molecule has 148 valence electrons. The molecule has 0 bridgehead atoms. The van der Waals surface area contributed by atoms with E-state index in [4.69, 9.17) is 0 Å². The molecular weight excluding hydrogens is 396 g/mol. The minimum Gasteiger partial charge on any atom is -0.310 e. The Morgan fingerprint density at radius 3 is 2.76 bits per heavy atom. The van der Waals surface area contributed by atoms with Gasteiger partial charge < -0.3 is 10.3 Å². The highest BCUT2D eigenvalue weighted by atomic mass is 32.2. The number of aromatic amines is 1. The van der Waals surface area contributed by atoms with Gasteiger partial charge in [0.1, 0.15) is 17.5 Å². The largest absolute Gasteiger partial charge is 0.310 e. The maximum Gasteiger partial charge on any atom is 0.257 e. The van der Waals surface area contributed by atoms with Crippen molar-refractivity contribution in [3.8, 4) is 0 Å². The van der Waals surface area contributed by atoms with Crippen molar-refractivity contribution < 1.29 is 13.6 Å². The first-order valence-electron chi connectivity index (χ1n) is 8.98. The van der Waals surface area contributed by atoms with Crippen LogP contribution in [0.3, 0.4) is 0 Å². The smallest absolute Gasteiger partial charge is 0.257 e. The van der Waals surface area contributed by atoms with Crippen molar-refractivity contribution in [2.24, 2.45) is 0 Å². The summed E-state index contributed by atoms with van der Waals surface area (Å²) in [5.41, 5.74) is 1.84. The van der Waals surface area contributed by atoms with Crippen LogP contribution in [0.15, 0.2) is 52.4 Å². The van der Waals surface area contributed by atoms with E-state index in [2.05, 4.69) is 15.3 Å². The van der Waals surface area contributed by atoms with E-state index in [1.807, 2.05) is 31.2 Å². The van der Waals surface area contributed by atoms with Gasteiger partial charge in [0, 0.05) is 18.1 Å². The molecule has 0 fully saturated rings. The van der Waals surface area contributed by atoms with Gasteiger partial charge in [0.2, 0.25) is 5.91 Å². The Bertz CT molecular complexity index is 1160. The number of rotatable bonds is 4. The average molecular weight is 413 g/mol. The van der Waals surface area contributed by atoms with Gasteiger partial charge in [0.15, 0.2) is 5.16 Å². The molecule has 1 aromatic heterocycles. The molecule has 1 aliphatic rings. The molecule has 2 aromatic carbocycles. The van der Waals surface area contributed by atoms with Crippen LogP contribution in [-0.4, -0.2) is 15.9 Å². The molecule has 0 radical (unpaired) electrons. The average Bonchev–Trinajstić information content (AvgIpc) is 2.68. The molecule has 8 heteroatoms. The lowest BCUT2D eigenvalue weighted by Crippen LogP contribution is -2.31. The standard InChI is InChI=1S/C21H17F2N3O2S/c1-11-4-2-3-5-12(11)10-29-21-25-19-18(20(28)26-21)15(9-17(27)24-19)14-8-13(22)6-7-16(14)23/h2-8,15H,9-10H2,1H3,(H2,24,25,26,27,28). The second kappa shape index (κ2) is 7.79. The zero-order valence-corrected chi connectivity index (χ0v) is 16.3. The summed E-state index contributed by atoms with van der Waals surface area (Å²) in [4.78, 5) is 32.0. The summed E-state index contributed by atoms with van der Waals surface area (Å²) in [7, 11) is 0. The molecule has 1 unspecified atom stereocenters. The monoisotopic (exact) mass is 413 g/mol. The number of hydrogen-bond acceptors (Lipinski definition) is 4. The Kier molecular flexibility index (Phi) is 5.19. The zero-order valence-electron chi connectivity index (χ0n) is 15.5. The van der Waals surface area contributed by atoms with Crippen LogP contribution in [0.5, 0.6) is 0 Å². The summed E-state index contributed by atoms with van der Waals surface area (Å²) >= 11 is 1.33. The van der Waals surface area contributed by atoms with Gasteiger partial charge in [0.25, 0.3) is 5.56 Å². The first-order chi connectivity index (χ1) is 13.9. The molecule has 1 aliphatic heterocycles. The molecule has 0 spiro atoms. The number of aryl methyl sites for hydroxylation is 1. The second-order valence-corrected chi connectivity index (χ2v) is 7.78. The van der Waals surface area contributed by atoms with Gasteiger partial charge in [-0.1, -0.05) is 36.0 Å². The number of amides is 1. The van der Waals surface area contributed by atoms with E-state index in [1.165, 1.54) is 11.8 Å². The molecule has 29 heavy (non-hydrogen) atoms. The Morgan fingerprint density at radius 2 is 1.97 bits per heavy atom. The van der Waals surface area contributed by atoms with E-state index in [0.717, 1.165) is 29.3 Å². The molecule has 1 atom stereocenters. The summed E-state index contributed by atoms with van der Waals surface area (Å²) in [5.74, 6) is -1.94. The fraction of sp³-hybridized carbons (Fsp3) is 0.190. The van der Waals surface area contributed by atoms with Crippen LogP contribution >= 0.6 is 11.8 Å². The number of benzene rings is 2. The van der Waals surface area contributed by atoms with Crippen molar-refractivity contribution >= 4 is 23.5 Å². The molecule has 0 saturated heterocycles. The lowest BCUT2D eigenvalue weighted by molar-refractivity contribution is -0.116. The minimum absolute atomic E-state index is 0.0336. The van der Waals surface area contributed by atoms with E-state index in [-0.39, 0.29) is 23.4 Å². The van der Waals surface area contributed by atoms with Gasteiger partial charge in [-0.05, 0) is 41.8 Å². The highest BCUT2D eigenvalue weighted by molar-refractivity contribution is 7.98. The lowest BCUT2D eigenvalue weighted by Gasteiger charge is -2.24. The normalized spacial score (nSPS) is 15.7. The third kappa shape index (κ3) is 3.93. The van der Waals surface area contributed by atoms with Crippen LogP contribution in [0.4, 0.5) is 14.6 Å². The number of carbonyl (C=O) groups is 1. The number of carbonyl (C=O) groups excluding carboxylic acids is 1. The van der Waals surface area contributed by atoms with Gasteiger partial charge in [-0.25, -0.2) is 13.8 Å². The van der Waals surface area contributed by atoms with Gasteiger partial charge in [-0.2, -0.15) is 0 Å². The Hall–Kier alpha value is -3.00. The van der Waals surface area contributed by atoms with E-state index in [1.54, 1.807) is 0 Å². The molecular formula is C21H17F2N3O2S. The van der Waals surface area contributed by atoms with Crippen molar-refractivity contribution in [1.82, 2.24) is 9.97 Å². The summed E-state index contributed by atoms with van der Waals surface area (Å²) in [6, 6.07) is 10.9. The van der Waals surface area contributed by atoms with Crippen LogP contribution in [0.25, 0.3) is 0 Å². The number of H-pyrrole nitrogens is 1. The van der Waals surface area contributed by atoms with Crippen LogP contribution in [0.2, 0.25) is 0 Å². The topological polar surface area (TPSA) is 74.8 Å². The lowest BCUT2D eigenvalue weighted by atomic mass is 9.86. The second-order valence-electron chi connectivity index (χ2n) is 6.82. The molecule has 1 amide bonds. The number of thioether (sulfide) groups is 1. The maximum atomic E-state index is 14.3. The van der Waals surface area contributed by atoms with Crippen LogP contribution in [0, 0.1) is 18.6 Å². The number of hydrogen-bond donors (Lipinski definition) is 2. The van der Waals surface area contributed by atoms with Crippen molar-refractivity contribution in [2.45, 2.75) is 30.2 Å². The zero-order chi connectivity index (χ0) is 20.5. The molecule has 2 N–H and O–H groups in total. The summed E-state index contributed by atoms with van der Waals surface area (Å²) in [5, 5.41) is 2.93. The number of anilines is 1. The number of aromatic nitrogens is 2. The van der Waals surface area contributed by atoms with Crippen molar-refractivity contribution in [3.63, 3.8) is 0 Å².